The van der Waals surface area contributed by atoms with E-state index in [1.807, 2.05) is 70.2 Å². The first-order valence-corrected chi connectivity index (χ1v) is 8.31. The van der Waals surface area contributed by atoms with Crippen LogP contribution in [0.2, 0.25) is 0 Å². The molecule has 0 aromatic heterocycles. The Morgan fingerprint density at radius 2 is 1.83 bits per heavy atom. The lowest BCUT2D eigenvalue weighted by molar-refractivity contribution is -0.122. The standard InChI is InChI=1S/C20H25NO3/c1-5-17(24-19-13-14(3)11-12-15(19)4)20(22)21-16-9-7-8-10-18(16)23-6-2/h7-13,17H,5-6H2,1-4H3,(H,21,22)/t17-/m1/s1. The van der Waals surface area contributed by atoms with E-state index < -0.39 is 6.10 Å². The Kier molecular flexibility index (Phi) is 6.24. The van der Waals surface area contributed by atoms with E-state index in [1.165, 1.54) is 0 Å². The summed E-state index contributed by atoms with van der Waals surface area (Å²) in [6.07, 6.45) is 0.0240. The molecule has 1 atom stereocenters. The molecule has 4 heteroatoms. The highest BCUT2D eigenvalue weighted by atomic mass is 16.5. The van der Waals surface area contributed by atoms with Crippen LogP contribution in [0.1, 0.15) is 31.4 Å². The summed E-state index contributed by atoms with van der Waals surface area (Å²) in [6.45, 7) is 8.37. The number of benzene rings is 2. The number of hydrogen-bond acceptors (Lipinski definition) is 3. The summed E-state index contributed by atoms with van der Waals surface area (Å²) < 4.78 is 11.5. The first kappa shape index (κ1) is 17.9. The van der Waals surface area contributed by atoms with Crippen LogP contribution in [0.4, 0.5) is 5.69 Å². The molecule has 128 valence electrons. The van der Waals surface area contributed by atoms with Crippen molar-refractivity contribution in [2.45, 2.75) is 40.2 Å². The van der Waals surface area contributed by atoms with Gasteiger partial charge in [-0.1, -0.05) is 31.2 Å². The van der Waals surface area contributed by atoms with Crippen LogP contribution in [0, 0.1) is 13.8 Å². The number of rotatable bonds is 7. The van der Waals surface area contributed by atoms with E-state index in [4.69, 9.17) is 9.47 Å². The molecule has 0 spiro atoms. The molecule has 0 aliphatic carbocycles. The number of para-hydroxylation sites is 2. The quantitative estimate of drug-likeness (QED) is 0.814. The van der Waals surface area contributed by atoms with E-state index in [1.54, 1.807) is 0 Å². The van der Waals surface area contributed by atoms with E-state index in [9.17, 15) is 4.79 Å². The maximum absolute atomic E-state index is 12.6. The van der Waals surface area contributed by atoms with Crippen LogP contribution < -0.4 is 14.8 Å². The molecule has 0 unspecified atom stereocenters. The number of carbonyl (C=O) groups is 1. The highest BCUT2D eigenvalue weighted by molar-refractivity contribution is 5.95. The molecule has 2 aromatic rings. The molecule has 0 radical (unpaired) electrons. The second-order valence-electron chi connectivity index (χ2n) is 5.70. The fourth-order valence-corrected chi connectivity index (χ4v) is 2.37. The van der Waals surface area contributed by atoms with Gasteiger partial charge in [0.1, 0.15) is 11.5 Å². The summed E-state index contributed by atoms with van der Waals surface area (Å²) in [7, 11) is 0. The van der Waals surface area contributed by atoms with Crippen LogP contribution in [0.5, 0.6) is 11.5 Å². The summed E-state index contributed by atoms with van der Waals surface area (Å²) >= 11 is 0. The molecule has 0 aliphatic heterocycles. The van der Waals surface area contributed by atoms with Crippen molar-refractivity contribution >= 4 is 11.6 Å². The molecule has 0 aliphatic rings. The van der Waals surface area contributed by atoms with E-state index in [-0.39, 0.29) is 5.91 Å². The lowest BCUT2D eigenvalue weighted by Gasteiger charge is -2.20. The van der Waals surface area contributed by atoms with E-state index in [2.05, 4.69) is 5.32 Å². The summed E-state index contributed by atoms with van der Waals surface area (Å²) in [5, 5.41) is 2.91. The zero-order chi connectivity index (χ0) is 17.5. The molecule has 0 saturated carbocycles. The maximum atomic E-state index is 12.6. The predicted octanol–water partition coefficient (Wildman–Crippen LogP) is 4.50. The molecule has 0 saturated heterocycles. The van der Waals surface area contributed by atoms with Crippen molar-refractivity contribution in [2.75, 3.05) is 11.9 Å². The first-order valence-electron chi connectivity index (χ1n) is 8.31. The van der Waals surface area contributed by atoms with Crippen LogP contribution in [-0.4, -0.2) is 18.6 Å². The smallest absolute Gasteiger partial charge is 0.265 e. The molecule has 0 fully saturated rings. The van der Waals surface area contributed by atoms with Crippen molar-refractivity contribution in [1.29, 1.82) is 0 Å². The Hall–Kier alpha value is -2.49. The SMILES string of the molecule is CCOc1ccccc1NC(=O)[C@@H](CC)Oc1cc(C)ccc1C. The van der Waals surface area contributed by atoms with E-state index in [0.717, 1.165) is 16.9 Å². The first-order chi connectivity index (χ1) is 11.5. The van der Waals surface area contributed by atoms with Crippen LogP contribution >= 0.6 is 0 Å². The van der Waals surface area contributed by atoms with Gasteiger partial charge in [0.15, 0.2) is 6.10 Å². The number of ether oxygens (including phenoxy) is 2. The van der Waals surface area contributed by atoms with Crippen molar-refractivity contribution < 1.29 is 14.3 Å². The van der Waals surface area contributed by atoms with Crippen molar-refractivity contribution in [3.05, 3.63) is 53.6 Å². The molecule has 2 rings (SSSR count). The largest absolute Gasteiger partial charge is 0.492 e. The minimum atomic E-state index is -0.555. The molecular weight excluding hydrogens is 302 g/mol. The Morgan fingerprint density at radius 1 is 1.08 bits per heavy atom. The van der Waals surface area contributed by atoms with Crippen LogP contribution in [0.15, 0.2) is 42.5 Å². The van der Waals surface area contributed by atoms with Crippen molar-refractivity contribution in [3.8, 4) is 11.5 Å². The van der Waals surface area contributed by atoms with Gasteiger partial charge in [-0.15, -0.1) is 0 Å². The summed E-state index contributed by atoms with van der Waals surface area (Å²) in [4.78, 5) is 12.6. The Bertz CT molecular complexity index is 697. The van der Waals surface area contributed by atoms with Gasteiger partial charge in [-0.25, -0.2) is 0 Å². The zero-order valence-electron chi connectivity index (χ0n) is 14.8. The topological polar surface area (TPSA) is 47.6 Å². The Labute approximate surface area is 143 Å². The van der Waals surface area contributed by atoms with Gasteiger partial charge >= 0.3 is 0 Å². The molecule has 4 nitrogen and oxygen atoms in total. The maximum Gasteiger partial charge on any atom is 0.265 e. The third kappa shape index (κ3) is 4.51. The normalized spacial score (nSPS) is 11.7. The summed E-state index contributed by atoms with van der Waals surface area (Å²) in [6, 6.07) is 13.4. The number of anilines is 1. The van der Waals surface area contributed by atoms with Gasteiger partial charge in [-0.2, -0.15) is 0 Å². The molecule has 1 N–H and O–H groups in total. The Balaban J connectivity index is 2.13. The molecule has 2 aromatic carbocycles. The summed E-state index contributed by atoms with van der Waals surface area (Å²) in [5.41, 5.74) is 2.78. The lowest BCUT2D eigenvalue weighted by Crippen LogP contribution is -2.32. The predicted molar refractivity (Wildman–Crippen MR) is 96.9 cm³/mol. The molecule has 24 heavy (non-hydrogen) atoms. The third-order valence-electron chi connectivity index (χ3n) is 3.72. The van der Waals surface area contributed by atoms with Crippen LogP contribution in [0.3, 0.4) is 0 Å². The Morgan fingerprint density at radius 3 is 2.54 bits per heavy atom. The van der Waals surface area contributed by atoms with Crippen LogP contribution in [-0.2, 0) is 4.79 Å². The van der Waals surface area contributed by atoms with Crippen molar-refractivity contribution in [1.82, 2.24) is 0 Å². The average molecular weight is 327 g/mol. The minimum absolute atomic E-state index is 0.175. The van der Waals surface area contributed by atoms with E-state index >= 15 is 0 Å². The van der Waals surface area contributed by atoms with Gasteiger partial charge in [0.05, 0.1) is 12.3 Å². The number of carbonyl (C=O) groups excluding carboxylic acids is 1. The number of amides is 1. The molecule has 0 bridgehead atoms. The summed E-state index contributed by atoms with van der Waals surface area (Å²) in [5.74, 6) is 1.23. The van der Waals surface area contributed by atoms with Gasteiger partial charge in [-0.3, -0.25) is 4.79 Å². The minimum Gasteiger partial charge on any atom is -0.492 e. The fourth-order valence-electron chi connectivity index (χ4n) is 2.37. The molecular formula is C20H25NO3. The fraction of sp³-hybridized carbons (Fsp3) is 0.350. The van der Waals surface area contributed by atoms with Crippen molar-refractivity contribution in [3.63, 3.8) is 0 Å². The van der Waals surface area contributed by atoms with Crippen molar-refractivity contribution in [2.24, 2.45) is 0 Å². The van der Waals surface area contributed by atoms with Gasteiger partial charge < -0.3 is 14.8 Å². The lowest BCUT2D eigenvalue weighted by atomic mass is 10.1. The monoisotopic (exact) mass is 327 g/mol. The van der Waals surface area contributed by atoms with Gasteiger partial charge in [0, 0.05) is 0 Å². The second-order valence-corrected chi connectivity index (χ2v) is 5.70. The van der Waals surface area contributed by atoms with Gasteiger partial charge in [-0.05, 0) is 56.5 Å². The average Bonchev–Trinajstić information content (AvgIpc) is 2.57. The third-order valence-corrected chi connectivity index (χ3v) is 3.72. The molecule has 0 heterocycles. The number of hydrogen-bond donors (Lipinski definition) is 1. The van der Waals surface area contributed by atoms with E-state index in [0.29, 0.717) is 24.5 Å². The zero-order valence-corrected chi connectivity index (χ0v) is 14.8. The second kappa shape index (κ2) is 8.39. The van der Waals surface area contributed by atoms with Crippen LogP contribution in [0.25, 0.3) is 0 Å². The number of aryl methyl sites for hydroxylation is 2. The van der Waals surface area contributed by atoms with Gasteiger partial charge in [0.2, 0.25) is 0 Å². The number of nitrogens with one attached hydrogen (secondary N) is 1. The van der Waals surface area contributed by atoms with Gasteiger partial charge in [0.25, 0.3) is 5.91 Å². The highest BCUT2D eigenvalue weighted by Crippen LogP contribution is 2.25. The molecule has 1 amide bonds. The highest BCUT2D eigenvalue weighted by Gasteiger charge is 2.20.